The standard InChI is InChI=1S/C27H24ClN3O6S/c1-3-17-20(28)13-14-23(38(34,35)36)24(17)30-31-25-18-10-6-5-9-16(18)15-19(26(25)32)27(33)29-21-11-7-8-12-22(21)37-4-2/h5-15,32H,3-4H2,1-2H3,(H,29,33)(H,34,35,36). The Hall–Kier alpha value is -3.99. The summed E-state index contributed by atoms with van der Waals surface area (Å²) in [7, 11) is -4.66. The van der Waals surface area contributed by atoms with Crippen LogP contribution in [-0.2, 0) is 16.5 Å². The van der Waals surface area contributed by atoms with Crippen LogP contribution in [0.15, 0.2) is 81.9 Å². The van der Waals surface area contributed by atoms with E-state index in [1.807, 2.05) is 6.92 Å². The van der Waals surface area contributed by atoms with Crippen LogP contribution in [0.4, 0.5) is 17.1 Å². The number of anilines is 1. The predicted octanol–water partition coefficient (Wildman–Crippen LogP) is 7.07. The lowest BCUT2D eigenvalue weighted by Gasteiger charge is -2.14. The maximum Gasteiger partial charge on any atom is 0.296 e. The van der Waals surface area contributed by atoms with Gasteiger partial charge in [0.15, 0.2) is 5.75 Å². The summed E-state index contributed by atoms with van der Waals surface area (Å²) in [5.41, 5.74) is 0.456. The van der Waals surface area contributed by atoms with Crippen molar-refractivity contribution in [1.29, 1.82) is 0 Å². The average Bonchev–Trinajstić information content (AvgIpc) is 2.88. The molecule has 0 fully saturated rings. The molecule has 4 rings (SSSR count). The number of nitrogens with zero attached hydrogens (tertiary/aromatic N) is 2. The van der Waals surface area contributed by atoms with Crippen molar-refractivity contribution in [2.45, 2.75) is 25.2 Å². The molecule has 0 aliphatic heterocycles. The zero-order valence-corrected chi connectivity index (χ0v) is 22.0. The normalized spacial score (nSPS) is 11.7. The van der Waals surface area contributed by atoms with Crippen molar-refractivity contribution in [3.8, 4) is 11.5 Å². The first kappa shape index (κ1) is 27.1. The summed E-state index contributed by atoms with van der Waals surface area (Å²) < 4.78 is 39.3. The number of benzene rings is 4. The van der Waals surface area contributed by atoms with E-state index >= 15 is 0 Å². The van der Waals surface area contributed by atoms with Crippen molar-refractivity contribution >= 4 is 55.5 Å². The summed E-state index contributed by atoms with van der Waals surface area (Å²) in [6.45, 7) is 3.96. The highest BCUT2D eigenvalue weighted by molar-refractivity contribution is 7.86. The Morgan fingerprint density at radius 1 is 1.00 bits per heavy atom. The van der Waals surface area contributed by atoms with Crippen LogP contribution in [0.1, 0.15) is 29.8 Å². The van der Waals surface area contributed by atoms with Crippen LogP contribution in [0, 0.1) is 0 Å². The van der Waals surface area contributed by atoms with E-state index in [-0.39, 0.29) is 22.0 Å². The van der Waals surface area contributed by atoms with E-state index in [4.69, 9.17) is 16.3 Å². The third-order valence-electron chi connectivity index (χ3n) is 5.74. The Kier molecular flexibility index (Phi) is 7.96. The van der Waals surface area contributed by atoms with E-state index in [0.29, 0.717) is 40.8 Å². The number of amides is 1. The molecule has 4 aromatic rings. The van der Waals surface area contributed by atoms with E-state index in [2.05, 4.69) is 15.5 Å². The quantitative estimate of drug-likeness (QED) is 0.157. The van der Waals surface area contributed by atoms with Crippen LogP contribution >= 0.6 is 11.6 Å². The fourth-order valence-electron chi connectivity index (χ4n) is 3.98. The highest BCUT2D eigenvalue weighted by Crippen LogP contribution is 2.42. The number of carbonyl (C=O) groups is 1. The summed E-state index contributed by atoms with van der Waals surface area (Å²) in [6.07, 6.45) is 0.297. The van der Waals surface area contributed by atoms with Gasteiger partial charge in [0.25, 0.3) is 16.0 Å². The van der Waals surface area contributed by atoms with Gasteiger partial charge in [-0.1, -0.05) is 54.9 Å². The Morgan fingerprint density at radius 3 is 2.39 bits per heavy atom. The van der Waals surface area contributed by atoms with Gasteiger partial charge in [0.2, 0.25) is 0 Å². The monoisotopic (exact) mass is 553 g/mol. The molecule has 0 unspecified atom stereocenters. The third-order valence-corrected chi connectivity index (χ3v) is 6.98. The second-order valence-electron chi connectivity index (χ2n) is 8.13. The van der Waals surface area contributed by atoms with E-state index in [1.165, 1.54) is 12.1 Å². The lowest BCUT2D eigenvalue weighted by atomic mass is 10.0. The number of azo groups is 1. The van der Waals surface area contributed by atoms with Gasteiger partial charge < -0.3 is 15.2 Å². The molecule has 0 atom stereocenters. The highest BCUT2D eigenvalue weighted by atomic mass is 35.5. The number of phenols is 1. The molecule has 0 radical (unpaired) electrons. The molecule has 0 saturated carbocycles. The molecule has 4 aromatic carbocycles. The first-order chi connectivity index (χ1) is 18.2. The topological polar surface area (TPSA) is 138 Å². The number of hydrogen-bond acceptors (Lipinski definition) is 7. The Morgan fingerprint density at radius 2 is 1.68 bits per heavy atom. The molecular weight excluding hydrogens is 530 g/mol. The minimum Gasteiger partial charge on any atom is -0.505 e. The van der Waals surface area contributed by atoms with Gasteiger partial charge in [0.1, 0.15) is 22.0 Å². The summed E-state index contributed by atoms with van der Waals surface area (Å²) >= 11 is 6.25. The number of nitrogens with one attached hydrogen (secondary N) is 1. The maximum absolute atomic E-state index is 13.3. The van der Waals surface area contributed by atoms with Gasteiger partial charge in [-0.15, -0.1) is 10.2 Å². The maximum atomic E-state index is 13.3. The van der Waals surface area contributed by atoms with Gasteiger partial charge in [0, 0.05) is 10.4 Å². The Labute approximate surface area is 224 Å². The van der Waals surface area contributed by atoms with Crippen molar-refractivity contribution in [2.24, 2.45) is 10.2 Å². The second-order valence-corrected chi connectivity index (χ2v) is 9.92. The summed E-state index contributed by atoms with van der Waals surface area (Å²) in [5, 5.41) is 23.5. The van der Waals surface area contributed by atoms with E-state index in [9.17, 15) is 22.9 Å². The van der Waals surface area contributed by atoms with Gasteiger partial charge in [-0.25, -0.2) is 0 Å². The SMILES string of the molecule is CCOc1ccccc1NC(=O)c1cc2ccccc2c(N=Nc2c(S(=O)(=O)O)ccc(Cl)c2CC)c1O. The van der Waals surface area contributed by atoms with Gasteiger partial charge in [-0.3, -0.25) is 9.35 Å². The molecule has 11 heteroatoms. The molecule has 3 N–H and O–H groups in total. The number of halogens is 1. The molecule has 0 bridgehead atoms. The van der Waals surface area contributed by atoms with Crippen LogP contribution < -0.4 is 10.1 Å². The number of fused-ring (bicyclic) bond motifs is 1. The number of carbonyl (C=O) groups excluding carboxylic acids is 1. The summed E-state index contributed by atoms with van der Waals surface area (Å²) in [6, 6.07) is 17.8. The smallest absolute Gasteiger partial charge is 0.296 e. The zero-order valence-electron chi connectivity index (χ0n) is 20.5. The van der Waals surface area contributed by atoms with Gasteiger partial charge >= 0.3 is 0 Å². The first-order valence-electron chi connectivity index (χ1n) is 11.6. The zero-order chi connectivity index (χ0) is 27.4. The molecule has 0 saturated heterocycles. The lowest BCUT2D eigenvalue weighted by molar-refractivity contribution is 0.102. The minimum absolute atomic E-state index is 0.0605. The average molecular weight is 554 g/mol. The predicted molar refractivity (Wildman–Crippen MR) is 146 cm³/mol. The van der Waals surface area contributed by atoms with Crippen molar-refractivity contribution in [2.75, 3.05) is 11.9 Å². The van der Waals surface area contributed by atoms with Crippen LogP contribution in [0.25, 0.3) is 10.8 Å². The van der Waals surface area contributed by atoms with Crippen molar-refractivity contribution < 1.29 is 27.6 Å². The molecule has 0 aromatic heterocycles. The highest BCUT2D eigenvalue weighted by Gasteiger charge is 2.22. The fraction of sp³-hybridized carbons (Fsp3) is 0.148. The van der Waals surface area contributed by atoms with Crippen LogP contribution in [0.5, 0.6) is 11.5 Å². The number of rotatable bonds is 8. The Bertz CT molecular complexity index is 1670. The second kappa shape index (κ2) is 11.2. The van der Waals surface area contributed by atoms with Gasteiger partial charge in [0.05, 0.1) is 17.9 Å². The molecule has 196 valence electrons. The van der Waals surface area contributed by atoms with E-state index in [1.54, 1.807) is 55.5 Å². The number of ether oxygens (including phenoxy) is 1. The van der Waals surface area contributed by atoms with Crippen molar-refractivity contribution in [1.82, 2.24) is 0 Å². The molecule has 38 heavy (non-hydrogen) atoms. The molecule has 0 aliphatic rings. The summed E-state index contributed by atoms with van der Waals surface area (Å²) in [4.78, 5) is 12.8. The largest absolute Gasteiger partial charge is 0.505 e. The van der Waals surface area contributed by atoms with Crippen molar-refractivity contribution in [3.05, 3.63) is 82.9 Å². The molecule has 0 aliphatic carbocycles. The van der Waals surface area contributed by atoms with Crippen LogP contribution in [-0.4, -0.2) is 30.6 Å². The number of para-hydroxylation sites is 2. The minimum atomic E-state index is -4.66. The number of aromatic hydroxyl groups is 1. The molecule has 0 heterocycles. The van der Waals surface area contributed by atoms with Crippen LogP contribution in [0.3, 0.4) is 0 Å². The van der Waals surface area contributed by atoms with Gasteiger partial charge in [-0.05, 0) is 54.6 Å². The number of hydrogen-bond donors (Lipinski definition) is 3. The molecule has 9 nitrogen and oxygen atoms in total. The Balaban J connectivity index is 1.86. The number of phenolic OH excluding ortho intramolecular Hbond substituents is 1. The summed E-state index contributed by atoms with van der Waals surface area (Å²) in [5.74, 6) is -0.617. The third kappa shape index (κ3) is 5.47. The lowest BCUT2D eigenvalue weighted by Crippen LogP contribution is -2.13. The molecular formula is C27H24ClN3O6S. The fourth-order valence-corrected chi connectivity index (χ4v) is 4.91. The molecule has 0 spiro atoms. The van der Waals surface area contributed by atoms with E-state index < -0.39 is 26.7 Å². The van der Waals surface area contributed by atoms with Crippen molar-refractivity contribution in [3.63, 3.8) is 0 Å². The first-order valence-corrected chi connectivity index (χ1v) is 13.5. The van der Waals surface area contributed by atoms with Crippen LogP contribution in [0.2, 0.25) is 5.02 Å². The van der Waals surface area contributed by atoms with E-state index in [0.717, 1.165) is 6.07 Å². The molecule has 1 amide bonds. The van der Waals surface area contributed by atoms with Gasteiger partial charge in [-0.2, -0.15) is 8.42 Å².